The van der Waals surface area contributed by atoms with Crippen molar-refractivity contribution in [1.29, 1.82) is 0 Å². The molecule has 0 atom stereocenters. The van der Waals surface area contributed by atoms with E-state index in [0.717, 1.165) is 33.7 Å². The number of hydrogen-bond acceptors (Lipinski definition) is 4. The van der Waals surface area contributed by atoms with E-state index < -0.39 is 0 Å². The first-order valence-corrected chi connectivity index (χ1v) is 9.79. The number of benzene rings is 2. The second-order valence-corrected chi connectivity index (χ2v) is 7.68. The first kappa shape index (κ1) is 16.8. The van der Waals surface area contributed by atoms with Crippen LogP contribution in [0.15, 0.2) is 55.0 Å². The zero-order chi connectivity index (χ0) is 19.5. The Kier molecular flexibility index (Phi) is 3.57. The van der Waals surface area contributed by atoms with E-state index in [4.69, 9.17) is 33.3 Å². The zero-order valence-electron chi connectivity index (χ0n) is 15.0. The summed E-state index contributed by atoms with van der Waals surface area (Å²) in [6.07, 6.45) is 3.57. The second kappa shape index (κ2) is 6.17. The summed E-state index contributed by atoms with van der Waals surface area (Å²) in [6, 6.07) is 13.8. The van der Waals surface area contributed by atoms with Crippen molar-refractivity contribution in [3.63, 3.8) is 0 Å². The molecule has 0 N–H and O–H groups in total. The summed E-state index contributed by atoms with van der Waals surface area (Å²) in [5.74, 6) is 1.41. The van der Waals surface area contributed by atoms with Crippen molar-refractivity contribution < 1.29 is 0 Å². The van der Waals surface area contributed by atoms with E-state index in [-0.39, 0.29) is 0 Å². The molecule has 1 aliphatic heterocycles. The van der Waals surface area contributed by atoms with E-state index in [2.05, 4.69) is 10.1 Å². The Hall–Kier alpha value is -3.16. The molecule has 7 nitrogen and oxygen atoms in total. The molecule has 0 saturated carbocycles. The lowest BCUT2D eigenvalue weighted by Gasteiger charge is -2.08. The van der Waals surface area contributed by atoms with E-state index in [9.17, 15) is 0 Å². The van der Waals surface area contributed by atoms with Crippen LogP contribution in [-0.2, 0) is 13.1 Å². The predicted molar refractivity (Wildman–Crippen MR) is 111 cm³/mol. The molecule has 6 rings (SSSR count). The van der Waals surface area contributed by atoms with Gasteiger partial charge in [0.15, 0.2) is 16.8 Å². The molecule has 29 heavy (non-hydrogen) atoms. The summed E-state index contributed by atoms with van der Waals surface area (Å²) >= 11 is 12.6. The van der Waals surface area contributed by atoms with Crippen LogP contribution in [0.25, 0.3) is 28.0 Å². The molecule has 1 aliphatic rings. The Labute approximate surface area is 175 Å². The molecule has 142 valence electrons. The van der Waals surface area contributed by atoms with Crippen molar-refractivity contribution in [3.05, 3.63) is 76.7 Å². The molecule has 9 heteroatoms. The number of imidazole rings is 1. The highest BCUT2D eigenvalue weighted by molar-refractivity contribution is 6.31. The normalized spacial score (nSPS) is 12.5. The Balaban J connectivity index is 1.50. The van der Waals surface area contributed by atoms with Crippen molar-refractivity contribution in [2.45, 2.75) is 13.1 Å². The van der Waals surface area contributed by atoms with Crippen LogP contribution >= 0.6 is 23.2 Å². The zero-order valence-corrected chi connectivity index (χ0v) is 16.5. The summed E-state index contributed by atoms with van der Waals surface area (Å²) in [6.45, 7) is 0.934. The van der Waals surface area contributed by atoms with Crippen LogP contribution in [0.1, 0.15) is 11.5 Å². The monoisotopic (exact) mass is 421 g/mol. The lowest BCUT2D eigenvalue weighted by molar-refractivity contribution is 0.632. The van der Waals surface area contributed by atoms with Gasteiger partial charge < -0.3 is 0 Å². The van der Waals surface area contributed by atoms with Gasteiger partial charge in [0.2, 0.25) is 0 Å². The molecule has 4 heterocycles. The number of hydrogen-bond donors (Lipinski definition) is 0. The minimum Gasteiger partial charge on any atom is -0.299 e. The van der Waals surface area contributed by atoms with Crippen molar-refractivity contribution in [2.75, 3.05) is 0 Å². The highest BCUT2D eigenvalue weighted by atomic mass is 35.5. The van der Waals surface area contributed by atoms with Gasteiger partial charge in [0.05, 0.1) is 29.6 Å². The van der Waals surface area contributed by atoms with Crippen LogP contribution in [0.4, 0.5) is 0 Å². The number of fused-ring (bicyclic) bond motifs is 6. The van der Waals surface area contributed by atoms with Gasteiger partial charge in [-0.25, -0.2) is 14.6 Å². The van der Waals surface area contributed by atoms with Gasteiger partial charge in [0, 0.05) is 16.0 Å². The Morgan fingerprint density at radius 1 is 1.07 bits per heavy atom. The van der Waals surface area contributed by atoms with Crippen molar-refractivity contribution in [2.24, 2.45) is 0 Å². The highest BCUT2D eigenvalue weighted by Crippen LogP contribution is 2.34. The quantitative estimate of drug-likeness (QED) is 0.420. The Bertz CT molecular complexity index is 1400. The van der Waals surface area contributed by atoms with Crippen LogP contribution < -0.4 is 0 Å². The summed E-state index contributed by atoms with van der Waals surface area (Å²) in [7, 11) is 0. The fraction of sp³-hybridized carbons (Fsp3) is 0.100. The average molecular weight is 422 g/mol. The fourth-order valence-corrected chi connectivity index (χ4v) is 4.16. The standard InChI is InChI=1S/C20H13Cl2N7/c21-13-5-6-16-14(7-13)20-25-18(10-28-15-4-2-1-3-12(15)8-24-28)26-29(20)9-17-19(22)23-11-27(16)17/h1-8,11H,9-10H2. The molecule has 0 unspecified atom stereocenters. The molecule has 0 bridgehead atoms. The first-order chi connectivity index (χ1) is 14.2. The van der Waals surface area contributed by atoms with Gasteiger partial charge in [-0.2, -0.15) is 10.2 Å². The van der Waals surface area contributed by atoms with Gasteiger partial charge in [-0.3, -0.25) is 9.25 Å². The molecule has 3 aromatic heterocycles. The minimum absolute atomic E-state index is 0.453. The van der Waals surface area contributed by atoms with Crippen molar-refractivity contribution in [1.82, 2.24) is 34.1 Å². The number of nitrogens with zero attached hydrogens (tertiary/aromatic N) is 7. The van der Waals surface area contributed by atoms with Crippen LogP contribution in [-0.4, -0.2) is 34.1 Å². The van der Waals surface area contributed by atoms with Gasteiger partial charge in [0.25, 0.3) is 0 Å². The lowest BCUT2D eigenvalue weighted by Crippen LogP contribution is -2.07. The van der Waals surface area contributed by atoms with Gasteiger partial charge in [-0.15, -0.1) is 0 Å². The van der Waals surface area contributed by atoms with Gasteiger partial charge in [0.1, 0.15) is 12.9 Å². The van der Waals surface area contributed by atoms with Crippen molar-refractivity contribution in [3.8, 4) is 17.1 Å². The molecule has 2 aromatic carbocycles. The third kappa shape index (κ3) is 2.58. The molecular weight excluding hydrogens is 409 g/mol. The fourth-order valence-electron chi connectivity index (χ4n) is 3.79. The summed E-state index contributed by atoms with van der Waals surface area (Å²) in [4.78, 5) is 9.08. The van der Waals surface area contributed by atoms with E-state index in [1.165, 1.54) is 0 Å². The maximum Gasteiger partial charge on any atom is 0.172 e. The van der Waals surface area contributed by atoms with Crippen molar-refractivity contribution >= 4 is 34.1 Å². The molecule has 0 radical (unpaired) electrons. The van der Waals surface area contributed by atoms with Gasteiger partial charge >= 0.3 is 0 Å². The third-order valence-corrected chi connectivity index (χ3v) is 5.68. The van der Waals surface area contributed by atoms with Crippen LogP contribution in [0, 0.1) is 0 Å². The summed E-state index contributed by atoms with van der Waals surface area (Å²) in [5, 5.41) is 11.4. The molecule has 0 aliphatic carbocycles. The third-order valence-electron chi connectivity index (χ3n) is 5.13. The van der Waals surface area contributed by atoms with Gasteiger partial charge in [-0.05, 0) is 24.3 Å². The smallest absolute Gasteiger partial charge is 0.172 e. The number of rotatable bonds is 2. The number of para-hydroxylation sites is 1. The highest BCUT2D eigenvalue weighted by Gasteiger charge is 2.25. The molecule has 0 saturated heterocycles. The molecule has 5 aromatic rings. The molecule has 0 fully saturated rings. The van der Waals surface area contributed by atoms with E-state index in [1.807, 2.05) is 62.6 Å². The van der Waals surface area contributed by atoms with E-state index in [0.29, 0.717) is 29.1 Å². The van der Waals surface area contributed by atoms with E-state index in [1.54, 1.807) is 6.33 Å². The number of halogens is 2. The Morgan fingerprint density at radius 3 is 2.90 bits per heavy atom. The predicted octanol–water partition coefficient (Wildman–Crippen LogP) is 4.20. The lowest BCUT2D eigenvalue weighted by atomic mass is 10.1. The maximum atomic E-state index is 6.35. The van der Waals surface area contributed by atoms with Crippen LogP contribution in [0.3, 0.4) is 0 Å². The summed E-state index contributed by atoms with van der Waals surface area (Å²) in [5.41, 5.74) is 3.71. The summed E-state index contributed by atoms with van der Waals surface area (Å²) < 4.78 is 5.72. The maximum absolute atomic E-state index is 6.35. The molecular formula is C20H13Cl2N7. The van der Waals surface area contributed by atoms with E-state index >= 15 is 0 Å². The molecule has 0 amide bonds. The first-order valence-electron chi connectivity index (χ1n) is 9.04. The van der Waals surface area contributed by atoms with Gasteiger partial charge in [-0.1, -0.05) is 41.4 Å². The minimum atomic E-state index is 0.453. The van der Waals surface area contributed by atoms with Crippen LogP contribution in [0.2, 0.25) is 10.2 Å². The largest absolute Gasteiger partial charge is 0.299 e. The number of aromatic nitrogens is 7. The average Bonchev–Trinajstić information content (AvgIpc) is 3.40. The molecule has 0 spiro atoms. The van der Waals surface area contributed by atoms with Crippen LogP contribution in [0.5, 0.6) is 0 Å². The topological polar surface area (TPSA) is 66.3 Å². The Morgan fingerprint density at radius 2 is 1.97 bits per heavy atom. The SMILES string of the molecule is Clc1ccc2c(c1)-c1nc(Cn3ncc4ccccc43)nn1Cc1c(Cl)ncn1-2. The second-order valence-electron chi connectivity index (χ2n) is 6.88.